The van der Waals surface area contributed by atoms with Crippen molar-refractivity contribution in [3.05, 3.63) is 50.4 Å². The molecule has 0 spiro atoms. The van der Waals surface area contributed by atoms with Gasteiger partial charge in [0.1, 0.15) is 5.01 Å². The van der Waals surface area contributed by atoms with Gasteiger partial charge in [0.2, 0.25) is 0 Å². The molecule has 1 aromatic carbocycles. The van der Waals surface area contributed by atoms with Gasteiger partial charge in [0.25, 0.3) is 0 Å². The second-order valence-electron chi connectivity index (χ2n) is 5.09. The van der Waals surface area contributed by atoms with E-state index in [1.807, 2.05) is 18.2 Å². The standard InChI is InChI=1S/C15H17ClN2S/c1-9-10(2)19-15(17-9)14(18-11-7-8-11)12-5-3-4-6-13(12)16/h3-6,11,14,18H,7-8H2,1-2H3. The van der Waals surface area contributed by atoms with Crippen molar-refractivity contribution in [2.45, 2.75) is 38.8 Å². The van der Waals surface area contributed by atoms with Crippen LogP contribution in [0.25, 0.3) is 0 Å². The number of thiazole rings is 1. The summed E-state index contributed by atoms with van der Waals surface area (Å²) in [6.07, 6.45) is 2.51. The zero-order valence-electron chi connectivity index (χ0n) is 11.1. The first-order valence-electron chi connectivity index (χ1n) is 6.59. The van der Waals surface area contributed by atoms with E-state index >= 15 is 0 Å². The lowest BCUT2D eigenvalue weighted by Gasteiger charge is -2.18. The molecule has 1 aliphatic carbocycles. The third-order valence-electron chi connectivity index (χ3n) is 3.49. The molecule has 1 atom stereocenters. The van der Waals surface area contributed by atoms with Crippen LogP contribution in [0.3, 0.4) is 0 Å². The largest absolute Gasteiger partial charge is 0.301 e. The monoisotopic (exact) mass is 292 g/mol. The van der Waals surface area contributed by atoms with Gasteiger partial charge in [0, 0.05) is 15.9 Å². The summed E-state index contributed by atoms with van der Waals surface area (Å²) in [5, 5.41) is 5.60. The van der Waals surface area contributed by atoms with Gasteiger partial charge in [-0.2, -0.15) is 0 Å². The van der Waals surface area contributed by atoms with Gasteiger partial charge in [-0.15, -0.1) is 11.3 Å². The second-order valence-corrected chi connectivity index (χ2v) is 6.73. The second kappa shape index (κ2) is 5.23. The molecule has 4 heteroatoms. The van der Waals surface area contributed by atoms with Crippen LogP contribution in [0.4, 0.5) is 0 Å². The normalized spacial score (nSPS) is 16.6. The molecule has 2 aromatic rings. The van der Waals surface area contributed by atoms with Crippen molar-refractivity contribution in [2.24, 2.45) is 0 Å². The van der Waals surface area contributed by atoms with Crippen LogP contribution < -0.4 is 5.32 Å². The topological polar surface area (TPSA) is 24.9 Å². The summed E-state index contributed by atoms with van der Waals surface area (Å²) < 4.78 is 0. The number of benzene rings is 1. The van der Waals surface area contributed by atoms with Crippen molar-refractivity contribution in [1.29, 1.82) is 0 Å². The summed E-state index contributed by atoms with van der Waals surface area (Å²) in [5.74, 6) is 0. The Morgan fingerprint density at radius 2 is 2.05 bits per heavy atom. The first kappa shape index (κ1) is 13.1. The Labute approximate surface area is 122 Å². The van der Waals surface area contributed by atoms with E-state index in [0.717, 1.165) is 21.3 Å². The fourth-order valence-corrected chi connectivity index (χ4v) is 3.36. The summed E-state index contributed by atoms with van der Waals surface area (Å²) in [4.78, 5) is 5.99. The highest BCUT2D eigenvalue weighted by molar-refractivity contribution is 7.11. The van der Waals surface area contributed by atoms with E-state index in [-0.39, 0.29) is 6.04 Å². The Bertz CT molecular complexity index is 570. The van der Waals surface area contributed by atoms with Gasteiger partial charge in [-0.3, -0.25) is 0 Å². The molecule has 0 amide bonds. The lowest BCUT2D eigenvalue weighted by molar-refractivity contribution is 0.597. The number of aryl methyl sites for hydroxylation is 2. The van der Waals surface area contributed by atoms with Crippen molar-refractivity contribution in [2.75, 3.05) is 0 Å². The van der Waals surface area contributed by atoms with E-state index < -0.39 is 0 Å². The molecule has 100 valence electrons. The number of aromatic nitrogens is 1. The minimum atomic E-state index is 0.124. The SMILES string of the molecule is Cc1nc(C(NC2CC2)c2ccccc2Cl)sc1C. The summed E-state index contributed by atoms with van der Waals surface area (Å²) >= 11 is 8.12. The molecule has 1 heterocycles. The van der Waals surface area contributed by atoms with Gasteiger partial charge in [-0.25, -0.2) is 4.98 Å². The van der Waals surface area contributed by atoms with Gasteiger partial charge in [0.05, 0.1) is 11.7 Å². The van der Waals surface area contributed by atoms with Gasteiger partial charge >= 0.3 is 0 Å². The van der Waals surface area contributed by atoms with Gasteiger partial charge in [-0.05, 0) is 38.3 Å². The van der Waals surface area contributed by atoms with Crippen LogP contribution in [0.15, 0.2) is 24.3 Å². The maximum atomic E-state index is 6.36. The molecule has 1 unspecified atom stereocenters. The van der Waals surface area contributed by atoms with Crippen LogP contribution in [0.5, 0.6) is 0 Å². The third-order valence-corrected chi connectivity index (χ3v) is 4.97. The van der Waals surface area contributed by atoms with E-state index in [1.54, 1.807) is 11.3 Å². The number of halogens is 1. The van der Waals surface area contributed by atoms with E-state index in [1.165, 1.54) is 17.7 Å². The Balaban J connectivity index is 1.99. The molecular formula is C15H17ClN2S. The van der Waals surface area contributed by atoms with Crippen LogP contribution in [0, 0.1) is 13.8 Å². The van der Waals surface area contributed by atoms with Crippen LogP contribution in [0.1, 0.15) is 40.0 Å². The van der Waals surface area contributed by atoms with Crippen molar-refractivity contribution < 1.29 is 0 Å². The highest BCUT2D eigenvalue weighted by atomic mass is 35.5. The minimum absolute atomic E-state index is 0.124. The van der Waals surface area contributed by atoms with E-state index in [9.17, 15) is 0 Å². The van der Waals surface area contributed by atoms with Crippen molar-refractivity contribution in [3.63, 3.8) is 0 Å². The predicted octanol–water partition coefficient (Wildman–Crippen LogP) is 4.25. The molecular weight excluding hydrogens is 276 g/mol. The number of hydrogen-bond donors (Lipinski definition) is 1. The average Bonchev–Trinajstić information content (AvgIpc) is 3.14. The molecule has 1 aliphatic rings. The van der Waals surface area contributed by atoms with Crippen LogP contribution in [0.2, 0.25) is 5.02 Å². The molecule has 0 saturated heterocycles. The number of hydrogen-bond acceptors (Lipinski definition) is 3. The van der Waals surface area contributed by atoms with Crippen molar-refractivity contribution in [1.82, 2.24) is 10.3 Å². The van der Waals surface area contributed by atoms with Crippen LogP contribution >= 0.6 is 22.9 Å². The van der Waals surface area contributed by atoms with E-state index in [0.29, 0.717) is 6.04 Å². The maximum Gasteiger partial charge on any atom is 0.115 e. The maximum absolute atomic E-state index is 6.36. The molecule has 1 N–H and O–H groups in total. The highest BCUT2D eigenvalue weighted by Crippen LogP contribution is 2.34. The number of rotatable bonds is 4. The lowest BCUT2D eigenvalue weighted by Crippen LogP contribution is -2.24. The first-order valence-corrected chi connectivity index (χ1v) is 7.79. The summed E-state index contributed by atoms with van der Waals surface area (Å²) in [6.45, 7) is 4.19. The van der Waals surface area contributed by atoms with Crippen molar-refractivity contribution in [3.8, 4) is 0 Å². The van der Waals surface area contributed by atoms with Crippen LogP contribution in [-0.4, -0.2) is 11.0 Å². The van der Waals surface area contributed by atoms with Gasteiger partial charge in [0.15, 0.2) is 0 Å². The molecule has 0 radical (unpaired) electrons. The Hall–Kier alpha value is -0.900. The van der Waals surface area contributed by atoms with Crippen molar-refractivity contribution >= 4 is 22.9 Å². The molecule has 2 nitrogen and oxygen atoms in total. The van der Waals surface area contributed by atoms with E-state index in [4.69, 9.17) is 16.6 Å². The summed E-state index contributed by atoms with van der Waals surface area (Å²) in [6, 6.07) is 8.79. The zero-order valence-corrected chi connectivity index (χ0v) is 12.7. The lowest BCUT2D eigenvalue weighted by atomic mass is 10.1. The average molecular weight is 293 g/mol. The Morgan fingerprint density at radius 1 is 1.32 bits per heavy atom. The summed E-state index contributed by atoms with van der Waals surface area (Å²) in [5.41, 5.74) is 2.25. The number of nitrogens with one attached hydrogen (secondary N) is 1. The quantitative estimate of drug-likeness (QED) is 0.911. The molecule has 19 heavy (non-hydrogen) atoms. The molecule has 1 aromatic heterocycles. The third kappa shape index (κ3) is 2.83. The molecule has 1 fully saturated rings. The molecule has 1 saturated carbocycles. The fourth-order valence-electron chi connectivity index (χ4n) is 2.11. The summed E-state index contributed by atoms with van der Waals surface area (Å²) in [7, 11) is 0. The first-order chi connectivity index (χ1) is 9.15. The molecule has 3 rings (SSSR count). The highest BCUT2D eigenvalue weighted by Gasteiger charge is 2.29. The fraction of sp³-hybridized carbons (Fsp3) is 0.400. The smallest absolute Gasteiger partial charge is 0.115 e. The molecule has 0 bridgehead atoms. The predicted molar refractivity (Wildman–Crippen MR) is 81.0 cm³/mol. The van der Waals surface area contributed by atoms with Crippen LogP contribution in [-0.2, 0) is 0 Å². The van der Waals surface area contributed by atoms with Gasteiger partial charge in [-0.1, -0.05) is 29.8 Å². The minimum Gasteiger partial charge on any atom is -0.301 e. The Kier molecular flexibility index (Phi) is 3.61. The molecule has 0 aliphatic heterocycles. The Morgan fingerprint density at radius 3 is 2.63 bits per heavy atom. The number of nitrogens with zero attached hydrogens (tertiary/aromatic N) is 1. The van der Waals surface area contributed by atoms with Gasteiger partial charge < -0.3 is 5.32 Å². The zero-order chi connectivity index (χ0) is 13.4. The van der Waals surface area contributed by atoms with E-state index in [2.05, 4.69) is 25.2 Å².